The molecule has 3 atom stereocenters. The summed E-state index contributed by atoms with van der Waals surface area (Å²) in [5, 5.41) is 23.8. The number of nitrogens with one attached hydrogen (secondary N) is 1. The first-order chi connectivity index (χ1) is 31.0. The molecule has 0 radical (unpaired) electrons. The van der Waals surface area contributed by atoms with Crippen molar-refractivity contribution in [1.82, 2.24) is 5.32 Å². The Labute approximate surface area is 390 Å². The molecule has 0 spiro atoms. The van der Waals surface area contributed by atoms with Crippen LogP contribution < -0.4 is 5.32 Å². The van der Waals surface area contributed by atoms with Crippen LogP contribution in [0.5, 0.6) is 0 Å². The average molecular weight is 880 g/mol. The Morgan fingerprint density at radius 2 is 0.873 bits per heavy atom. The van der Waals surface area contributed by atoms with Crippen LogP contribution in [-0.2, 0) is 14.3 Å². The van der Waals surface area contributed by atoms with Gasteiger partial charge in [-0.2, -0.15) is 0 Å². The third-order valence-corrected chi connectivity index (χ3v) is 11.9. The predicted molar refractivity (Wildman–Crippen MR) is 273 cm³/mol. The number of allylic oxidation sites excluding steroid dienone is 12. The van der Waals surface area contributed by atoms with Crippen LogP contribution in [0.3, 0.4) is 0 Å². The first-order valence-electron chi connectivity index (χ1n) is 26.7. The molecule has 0 saturated heterocycles. The van der Waals surface area contributed by atoms with Crippen LogP contribution in [0.25, 0.3) is 0 Å². The smallest absolute Gasteiger partial charge is 0.306 e. The molecule has 6 nitrogen and oxygen atoms in total. The summed E-state index contributed by atoms with van der Waals surface area (Å²) in [5.74, 6) is -0.527. The number of hydrogen-bond donors (Lipinski definition) is 3. The first-order valence-corrected chi connectivity index (χ1v) is 26.7. The molecule has 0 aromatic heterocycles. The predicted octanol–water partition coefficient (Wildman–Crippen LogP) is 16.2. The van der Waals surface area contributed by atoms with Crippen molar-refractivity contribution in [2.45, 2.75) is 270 Å². The number of esters is 1. The summed E-state index contributed by atoms with van der Waals surface area (Å²) in [7, 11) is 0. The second kappa shape index (κ2) is 50.3. The van der Waals surface area contributed by atoms with Crippen molar-refractivity contribution in [1.29, 1.82) is 0 Å². The van der Waals surface area contributed by atoms with E-state index in [-0.39, 0.29) is 24.9 Å². The van der Waals surface area contributed by atoms with Gasteiger partial charge in [0, 0.05) is 6.42 Å². The van der Waals surface area contributed by atoms with Gasteiger partial charge in [0.15, 0.2) is 0 Å². The molecule has 364 valence electrons. The molecule has 0 aromatic rings. The van der Waals surface area contributed by atoms with E-state index in [1.807, 2.05) is 36.5 Å². The van der Waals surface area contributed by atoms with Gasteiger partial charge in [0.05, 0.1) is 25.2 Å². The van der Waals surface area contributed by atoms with Gasteiger partial charge < -0.3 is 20.3 Å². The van der Waals surface area contributed by atoms with E-state index in [4.69, 9.17) is 4.74 Å². The summed E-state index contributed by atoms with van der Waals surface area (Å²) in [6, 6.07) is -0.720. The van der Waals surface area contributed by atoms with Gasteiger partial charge in [0.25, 0.3) is 0 Å². The summed E-state index contributed by atoms with van der Waals surface area (Å²) >= 11 is 0. The number of hydrogen-bond acceptors (Lipinski definition) is 5. The molecule has 0 aliphatic rings. The molecule has 3 N–H and O–H groups in total. The maximum Gasteiger partial charge on any atom is 0.306 e. The number of unbranched alkanes of at least 4 members (excludes halogenated alkanes) is 27. The minimum atomic E-state index is -0.804. The number of rotatable bonds is 47. The second-order valence-electron chi connectivity index (χ2n) is 18.0. The Kier molecular flexibility index (Phi) is 48.1. The Bertz CT molecular complexity index is 1170. The first kappa shape index (κ1) is 60.3. The zero-order chi connectivity index (χ0) is 45.9. The SMILES string of the molecule is CCC/C=C/C=C/C=C/C=C/C=C/CCCCCC(CC(=O)NC(CO)C(O)CCCCCCCCCCCCCCCCCCC)OC(=O)CCCCCCC/C=C\CCCC. The number of amides is 1. The zero-order valence-corrected chi connectivity index (χ0v) is 41.4. The van der Waals surface area contributed by atoms with Crippen molar-refractivity contribution in [2.24, 2.45) is 0 Å². The fourth-order valence-electron chi connectivity index (χ4n) is 7.79. The summed E-state index contributed by atoms with van der Waals surface area (Å²) < 4.78 is 5.91. The highest BCUT2D eigenvalue weighted by Gasteiger charge is 2.24. The van der Waals surface area contributed by atoms with Crippen molar-refractivity contribution in [3.8, 4) is 0 Å². The largest absolute Gasteiger partial charge is 0.462 e. The van der Waals surface area contributed by atoms with Crippen LogP contribution in [0.2, 0.25) is 0 Å². The standard InChI is InChI=1S/C57H101NO5/c1-4-7-10-13-16-19-22-24-26-28-30-32-35-37-40-43-46-49-55(60)54(52-59)58-56(61)51-53(63-57(62)50-47-44-41-38-33-21-18-15-12-9-6-3)48-45-42-39-36-34-31-29-27-25-23-20-17-14-11-8-5-2/h11,14-15,17-18,20,23,25,27,29,31,34,53-55,59-60H,4-10,12-13,16,19,21-22,24,26,28,30,32-33,35-52H2,1-3H3,(H,58,61)/b14-11+,18-15-,20-17+,25-23+,29-27+,34-31+. The summed E-state index contributed by atoms with van der Waals surface area (Å²) in [5.41, 5.74) is 0. The molecule has 0 bridgehead atoms. The number of aliphatic hydroxyl groups is 2. The zero-order valence-electron chi connectivity index (χ0n) is 41.4. The van der Waals surface area contributed by atoms with Crippen LogP contribution >= 0.6 is 0 Å². The number of aliphatic hydroxyl groups excluding tert-OH is 2. The molecule has 0 aromatic carbocycles. The lowest BCUT2D eigenvalue weighted by Gasteiger charge is -2.24. The topological polar surface area (TPSA) is 95.9 Å². The molecule has 1 amide bonds. The van der Waals surface area contributed by atoms with E-state index in [0.29, 0.717) is 19.3 Å². The molecule has 0 fully saturated rings. The van der Waals surface area contributed by atoms with E-state index >= 15 is 0 Å². The molecule has 6 heteroatoms. The summed E-state index contributed by atoms with van der Waals surface area (Å²) in [6.07, 6.45) is 63.9. The van der Waals surface area contributed by atoms with E-state index in [2.05, 4.69) is 62.5 Å². The van der Waals surface area contributed by atoms with Crippen LogP contribution in [0.4, 0.5) is 0 Å². The molecular weight excluding hydrogens is 779 g/mol. The quantitative estimate of drug-likeness (QED) is 0.0245. The lowest BCUT2D eigenvalue weighted by atomic mass is 10.0. The molecule has 3 unspecified atom stereocenters. The molecule has 0 aliphatic carbocycles. The number of carbonyl (C=O) groups excluding carboxylic acids is 2. The second-order valence-corrected chi connectivity index (χ2v) is 18.0. The van der Waals surface area contributed by atoms with Crippen LogP contribution in [-0.4, -0.2) is 46.9 Å². The van der Waals surface area contributed by atoms with E-state index in [9.17, 15) is 19.8 Å². The van der Waals surface area contributed by atoms with Crippen molar-refractivity contribution in [3.05, 3.63) is 72.9 Å². The summed E-state index contributed by atoms with van der Waals surface area (Å²) in [6.45, 7) is 6.35. The van der Waals surface area contributed by atoms with E-state index in [1.54, 1.807) is 0 Å². The minimum absolute atomic E-state index is 0.0439. The van der Waals surface area contributed by atoms with Gasteiger partial charge in [0.1, 0.15) is 6.10 Å². The molecular formula is C57H101NO5. The fourth-order valence-corrected chi connectivity index (χ4v) is 7.79. The lowest BCUT2D eigenvalue weighted by Crippen LogP contribution is -2.46. The van der Waals surface area contributed by atoms with Crippen molar-refractivity contribution in [2.75, 3.05) is 6.61 Å². The van der Waals surface area contributed by atoms with Crippen molar-refractivity contribution < 1.29 is 24.5 Å². The maximum atomic E-state index is 13.2. The highest BCUT2D eigenvalue weighted by molar-refractivity contribution is 5.77. The minimum Gasteiger partial charge on any atom is -0.462 e. The van der Waals surface area contributed by atoms with Gasteiger partial charge in [0.2, 0.25) is 5.91 Å². The van der Waals surface area contributed by atoms with Crippen LogP contribution in [0, 0.1) is 0 Å². The molecule has 0 saturated carbocycles. The van der Waals surface area contributed by atoms with Crippen LogP contribution in [0.15, 0.2) is 72.9 Å². The monoisotopic (exact) mass is 880 g/mol. The van der Waals surface area contributed by atoms with Crippen molar-refractivity contribution in [3.63, 3.8) is 0 Å². The van der Waals surface area contributed by atoms with E-state index in [0.717, 1.165) is 77.0 Å². The van der Waals surface area contributed by atoms with Gasteiger partial charge in [-0.25, -0.2) is 0 Å². The normalized spacial score (nSPS) is 13.8. The fraction of sp³-hybridized carbons (Fsp3) is 0.754. The maximum absolute atomic E-state index is 13.2. The molecule has 0 rings (SSSR count). The van der Waals surface area contributed by atoms with E-state index < -0.39 is 18.2 Å². The Hall–Kier alpha value is -2.70. The summed E-state index contributed by atoms with van der Waals surface area (Å²) in [4.78, 5) is 26.1. The molecule has 0 heterocycles. The molecule has 63 heavy (non-hydrogen) atoms. The average Bonchev–Trinajstić information content (AvgIpc) is 3.28. The van der Waals surface area contributed by atoms with Crippen LogP contribution in [0.1, 0.15) is 252 Å². The van der Waals surface area contributed by atoms with E-state index in [1.165, 1.54) is 128 Å². The highest BCUT2D eigenvalue weighted by Crippen LogP contribution is 2.18. The number of ether oxygens (including phenoxy) is 1. The lowest BCUT2D eigenvalue weighted by molar-refractivity contribution is -0.151. The Morgan fingerprint density at radius 3 is 1.40 bits per heavy atom. The molecule has 0 aliphatic heterocycles. The van der Waals surface area contributed by atoms with Crippen molar-refractivity contribution >= 4 is 11.9 Å². The van der Waals surface area contributed by atoms with Gasteiger partial charge in [-0.3, -0.25) is 9.59 Å². The number of carbonyl (C=O) groups is 2. The van der Waals surface area contributed by atoms with Gasteiger partial charge >= 0.3 is 5.97 Å². The highest BCUT2D eigenvalue weighted by atomic mass is 16.5. The van der Waals surface area contributed by atoms with Gasteiger partial charge in [-0.15, -0.1) is 0 Å². The third-order valence-electron chi connectivity index (χ3n) is 11.9. The van der Waals surface area contributed by atoms with Gasteiger partial charge in [-0.05, 0) is 64.2 Å². The third kappa shape index (κ3) is 45.7. The van der Waals surface area contributed by atoms with Gasteiger partial charge in [-0.1, -0.05) is 248 Å². The Balaban J connectivity index is 4.62. The Morgan fingerprint density at radius 1 is 0.460 bits per heavy atom.